The molecule has 6 nitrogen and oxygen atoms in total. The first-order valence-corrected chi connectivity index (χ1v) is 8.87. The van der Waals surface area contributed by atoms with Gasteiger partial charge in [-0.2, -0.15) is 0 Å². The number of sulfonamides is 1. The van der Waals surface area contributed by atoms with Crippen molar-refractivity contribution < 1.29 is 8.42 Å². The van der Waals surface area contributed by atoms with Crippen LogP contribution in [0.5, 0.6) is 0 Å². The topological polar surface area (TPSA) is 82.6 Å². The molecule has 1 aromatic carbocycles. The zero-order valence-corrected chi connectivity index (χ0v) is 14.5. The van der Waals surface area contributed by atoms with Crippen LogP contribution in [0.3, 0.4) is 0 Å². The summed E-state index contributed by atoms with van der Waals surface area (Å²) in [5, 5.41) is 6.17. The molecule has 0 heterocycles. The number of hydrogen-bond donors (Lipinski definition) is 3. The molecular weight excluding hydrogens is 300 g/mol. The highest BCUT2D eigenvalue weighted by atomic mass is 32.2. The van der Waals surface area contributed by atoms with Crippen LogP contribution in [0.1, 0.15) is 26.3 Å². The van der Waals surface area contributed by atoms with Crippen molar-refractivity contribution in [2.24, 2.45) is 4.99 Å². The molecule has 7 heteroatoms. The molecule has 124 valence electrons. The van der Waals surface area contributed by atoms with Crippen LogP contribution in [0.4, 0.5) is 0 Å². The Morgan fingerprint density at radius 1 is 1.18 bits per heavy atom. The van der Waals surface area contributed by atoms with Crippen molar-refractivity contribution in [1.29, 1.82) is 0 Å². The summed E-state index contributed by atoms with van der Waals surface area (Å²) in [5.74, 6) is 0.579. The maximum Gasteiger partial charge on any atom is 0.213 e. The fourth-order valence-electron chi connectivity index (χ4n) is 1.70. The lowest BCUT2D eigenvalue weighted by molar-refractivity contribution is 0.502. The average molecular weight is 326 g/mol. The maximum absolute atomic E-state index is 11.9. The Labute approximate surface area is 133 Å². The van der Waals surface area contributed by atoms with Crippen LogP contribution < -0.4 is 15.4 Å². The lowest BCUT2D eigenvalue weighted by Gasteiger charge is -2.23. The van der Waals surface area contributed by atoms with Gasteiger partial charge in [0.1, 0.15) is 0 Å². The van der Waals surface area contributed by atoms with Crippen molar-refractivity contribution in [1.82, 2.24) is 15.4 Å². The van der Waals surface area contributed by atoms with E-state index >= 15 is 0 Å². The summed E-state index contributed by atoms with van der Waals surface area (Å²) in [7, 11) is -1.67. The number of guanidine groups is 1. The fourth-order valence-corrected chi connectivity index (χ4v) is 2.60. The fraction of sp³-hybridized carbons (Fsp3) is 0.533. The first-order chi connectivity index (χ1) is 10.2. The molecule has 0 fully saturated rings. The van der Waals surface area contributed by atoms with Gasteiger partial charge in [-0.15, -0.1) is 0 Å². The van der Waals surface area contributed by atoms with Crippen molar-refractivity contribution in [3.63, 3.8) is 0 Å². The van der Waals surface area contributed by atoms with E-state index < -0.39 is 10.0 Å². The van der Waals surface area contributed by atoms with Gasteiger partial charge in [-0.05, 0) is 26.3 Å². The molecule has 1 aromatic rings. The third kappa shape index (κ3) is 7.99. The zero-order valence-electron chi connectivity index (χ0n) is 13.7. The largest absolute Gasteiger partial charge is 0.355 e. The van der Waals surface area contributed by atoms with Gasteiger partial charge in [0.05, 0.1) is 5.75 Å². The summed E-state index contributed by atoms with van der Waals surface area (Å²) in [4.78, 5) is 4.07. The normalized spacial score (nSPS) is 13.0. The molecule has 0 bridgehead atoms. The van der Waals surface area contributed by atoms with Gasteiger partial charge in [0.25, 0.3) is 0 Å². The van der Waals surface area contributed by atoms with Crippen LogP contribution in [0.15, 0.2) is 35.3 Å². The summed E-state index contributed by atoms with van der Waals surface area (Å²) in [6, 6.07) is 9.43. The second-order valence-electron chi connectivity index (χ2n) is 6.00. The Bertz CT molecular complexity index is 577. The molecule has 0 saturated heterocycles. The zero-order chi connectivity index (χ0) is 16.6. The molecule has 3 N–H and O–H groups in total. The van der Waals surface area contributed by atoms with Gasteiger partial charge in [0.2, 0.25) is 10.0 Å². The number of nitrogens with zero attached hydrogens (tertiary/aromatic N) is 1. The summed E-state index contributed by atoms with van der Waals surface area (Å²) in [6.45, 7) is 6.63. The standard InChI is InChI=1S/C15H26N4O2S/c1-15(2,3)19-14(16-4)17-10-11-22(20,21)18-12-13-8-6-5-7-9-13/h5-9,18H,10-12H2,1-4H3,(H2,16,17,19). The smallest absolute Gasteiger partial charge is 0.213 e. The summed E-state index contributed by atoms with van der Waals surface area (Å²) in [5.41, 5.74) is 0.802. The Hall–Kier alpha value is -1.60. The monoisotopic (exact) mass is 326 g/mol. The highest BCUT2D eigenvalue weighted by Gasteiger charge is 2.13. The Morgan fingerprint density at radius 3 is 2.36 bits per heavy atom. The molecule has 0 aliphatic carbocycles. The minimum atomic E-state index is -3.32. The van der Waals surface area contributed by atoms with Crippen molar-refractivity contribution in [3.05, 3.63) is 35.9 Å². The lowest BCUT2D eigenvalue weighted by Crippen LogP contribution is -2.48. The van der Waals surface area contributed by atoms with Gasteiger partial charge in [0.15, 0.2) is 5.96 Å². The molecule has 0 aliphatic rings. The minimum absolute atomic E-state index is 0.00925. The highest BCUT2D eigenvalue weighted by Crippen LogP contribution is 1.99. The Kier molecular flexibility index (Phi) is 6.83. The van der Waals surface area contributed by atoms with Gasteiger partial charge < -0.3 is 10.6 Å². The Morgan fingerprint density at radius 2 is 1.82 bits per heavy atom. The predicted molar refractivity (Wildman–Crippen MR) is 91.3 cm³/mol. The molecule has 0 aliphatic heterocycles. The van der Waals surface area contributed by atoms with E-state index in [-0.39, 0.29) is 11.3 Å². The molecule has 22 heavy (non-hydrogen) atoms. The quantitative estimate of drug-likeness (QED) is 0.539. The van der Waals surface area contributed by atoms with Crippen LogP contribution in [0.2, 0.25) is 0 Å². The van der Waals surface area contributed by atoms with E-state index in [1.165, 1.54) is 0 Å². The number of rotatable bonds is 6. The molecule has 0 atom stereocenters. The Balaban J connectivity index is 2.39. The van der Waals surface area contributed by atoms with Gasteiger partial charge in [-0.1, -0.05) is 30.3 Å². The first-order valence-electron chi connectivity index (χ1n) is 7.22. The summed E-state index contributed by atoms with van der Waals surface area (Å²) in [6.07, 6.45) is 0. The van der Waals surface area contributed by atoms with Crippen LogP contribution in [-0.4, -0.2) is 39.3 Å². The van der Waals surface area contributed by atoms with Gasteiger partial charge in [0, 0.05) is 25.7 Å². The molecule has 0 amide bonds. The van der Waals surface area contributed by atoms with E-state index in [4.69, 9.17) is 0 Å². The van der Waals surface area contributed by atoms with Crippen LogP contribution in [-0.2, 0) is 16.6 Å². The van der Waals surface area contributed by atoms with Crippen LogP contribution in [0, 0.1) is 0 Å². The van der Waals surface area contributed by atoms with Crippen molar-refractivity contribution in [2.75, 3.05) is 19.3 Å². The number of aliphatic imine (C=N–C) groups is 1. The van der Waals surface area contributed by atoms with Crippen molar-refractivity contribution in [3.8, 4) is 0 Å². The van der Waals surface area contributed by atoms with E-state index in [0.29, 0.717) is 19.0 Å². The molecule has 0 unspecified atom stereocenters. The molecule has 0 radical (unpaired) electrons. The van der Waals surface area contributed by atoms with Gasteiger partial charge in [-0.25, -0.2) is 13.1 Å². The third-order valence-electron chi connectivity index (χ3n) is 2.72. The molecular formula is C15H26N4O2S. The number of hydrogen-bond acceptors (Lipinski definition) is 3. The molecule has 0 saturated carbocycles. The van der Waals surface area contributed by atoms with E-state index in [0.717, 1.165) is 5.56 Å². The predicted octanol–water partition coefficient (Wildman–Crippen LogP) is 1.07. The second kappa shape index (κ2) is 8.14. The van der Waals surface area contributed by atoms with E-state index in [1.54, 1.807) is 7.05 Å². The van der Waals surface area contributed by atoms with Crippen LogP contribution >= 0.6 is 0 Å². The maximum atomic E-state index is 11.9. The first kappa shape index (κ1) is 18.4. The minimum Gasteiger partial charge on any atom is -0.355 e. The van der Waals surface area contributed by atoms with Crippen molar-refractivity contribution in [2.45, 2.75) is 32.9 Å². The highest BCUT2D eigenvalue weighted by molar-refractivity contribution is 7.89. The molecule has 0 aromatic heterocycles. The van der Waals surface area contributed by atoms with E-state index in [9.17, 15) is 8.42 Å². The summed E-state index contributed by atoms with van der Waals surface area (Å²) >= 11 is 0. The van der Waals surface area contributed by atoms with Crippen LogP contribution in [0.25, 0.3) is 0 Å². The number of nitrogens with one attached hydrogen (secondary N) is 3. The van der Waals surface area contributed by atoms with Gasteiger partial charge in [-0.3, -0.25) is 4.99 Å². The third-order valence-corrected chi connectivity index (χ3v) is 4.05. The van der Waals surface area contributed by atoms with E-state index in [1.807, 2.05) is 51.1 Å². The van der Waals surface area contributed by atoms with Crippen molar-refractivity contribution >= 4 is 16.0 Å². The SMILES string of the molecule is CN=C(NCCS(=O)(=O)NCc1ccccc1)NC(C)(C)C. The number of benzene rings is 1. The molecule has 1 rings (SSSR count). The molecule has 0 spiro atoms. The lowest BCUT2D eigenvalue weighted by atomic mass is 10.1. The summed E-state index contributed by atoms with van der Waals surface area (Å²) < 4.78 is 26.5. The van der Waals surface area contributed by atoms with E-state index in [2.05, 4.69) is 20.3 Å². The van der Waals surface area contributed by atoms with Gasteiger partial charge >= 0.3 is 0 Å². The second-order valence-corrected chi connectivity index (χ2v) is 7.93. The average Bonchev–Trinajstić information content (AvgIpc) is 2.44.